The molecule has 0 spiro atoms. The van der Waals surface area contributed by atoms with Gasteiger partial charge in [0.25, 0.3) is 0 Å². The van der Waals surface area contributed by atoms with Gasteiger partial charge in [0.2, 0.25) is 23.5 Å². The first-order valence-corrected chi connectivity index (χ1v) is 8.03. The van der Waals surface area contributed by atoms with Crippen LogP contribution in [0.4, 0.5) is 0 Å². The van der Waals surface area contributed by atoms with Gasteiger partial charge in [0, 0.05) is 37.6 Å². The Kier molecular flexibility index (Phi) is 3.72. The van der Waals surface area contributed by atoms with Gasteiger partial charge in [0.15, 0.2) is 0 Å². The lowest BCUT2D eigenvalue weighted by molar-refractivity contribution is -0.147. The lowest BCUT2D eigenvalue weighted by atomic mass is 9.92. The number of pyridine rings is 1. The maximum absolute atomic E-state index is 12.4. The van der Waals surface area contributed by atoms with Crippen LogP contribution in [-0.4, -0.2) is 51.5 Å². The molecule has 0 bridgehead atoms. The quantitative estimate of drug-likeness (QED) is 0.828. The van der Waals surface area contributed by atoms with Crippen LogP contribution in [0.1, 0.15) is 24.7 Å². The summed E-state index contributed by atoms with van der Waals surface area (Å²) in [6, 6.07) is 3.67. The van der Waals surface area contributed by atoms with Gasteiger partial charge in [-0.2, -0.15) is 4.98 Å². The van der Waals surface area contributed by atoms with Crippen LogP contribution in [0.15, 0.2) is 29.0 Å². The van der Waals surface area contributed by atoms with Gasteiger partial charge in [-0.3, -0.25) is 14.6 Å². The Morgan fingerprint density at radius 2 is 2.25 bits per heavy atom. The van der Waals surface area contributed by atoms with Crippen LogP contribution in [0.25, 0.3) is 11.4 Å². The molecule has 8 heteroatoms. The van der Waals surface area contributed by atoms with Crippen LogP contribution >= 0.6 is 0 Å². The minimum atomic E-state index is -0.548. The molecular formula is C16H17N5O3. The van der Waals surface area contributed by atoms with Crippen LogP contribution in [0.3, 0.4) is 0 Å². The van der Waals surface area contributed by atoms with Crippen molar-refractivity contribution >= 4 is 11.8 Å². The van der Waals surface area contributed by atoms with E-state index in [0.29, 0.717) is 37.8 Å². The van der Waals surface area contributed by atoms with E-state index < -0.39 is 5.92 Å². The summed E-state index contributed by atoms with van der Waals surface area (Å²) < 4.78 is 5.31. The summed E-state index contributed by atoms with van der Waals surface area (Å²) in [5.74, 6) is 0.231. The predicted molar refractivity (Wildman–Crippen MR) is 82.6 cm³/mol. The molecule has 2 fully saturated rings. The van der Waals surface area contributed by atoms with Gasteiger partial charge in [-0.05, 0) is 25.0 Å². The van der Waals surface area contributed by atoms with Gasteiger partial charge in [0.1, 0.15) is 5.92 Å². The van der Waals surface area contributed by atoms with E-state index in [1.165, 1.54) is 0 Å². The molecule has 0 aromatic carbocycles. The van der Waals surface area contributed by atoms with Crippen molar-refractivity contribution in [3.63, 3.8) is 0 Å². The molecular weight excluding hydrogens is 310 g/mol. The van der Waals surface area contributed by atoms with Crippen molar-refractivity contribution < 1.29 is 14.1 Å². The van der Waals surface area contributed by atoms with E-state index in [9.17, 15) is 9.59 Å². The van der Waals surface area contributed by atoms with Crippen molar-refractivity contribution in [1.29, 1.82) is 0 Å². The van der Waals surface area contributed by atoms with Crippen LogP contribution in [0, 0.1) is 5.92 Å². The van der Waals surface area contributed by atoms with Crippen molar-refractivity contribution in [2.24, 2.45) is 5.92 Å². The minimum absolute atomic E-state index is 0.0264. The summed E-state index contributed by atoms with van der Waals surface area (Å²) in [4.78, 5) is 34.3. The number of amides is 2. The third-order valence-corrected chi connectivity index (χ3v) is 4.49. The molecule has 0 radical (unpaired) electrons. The number of likely N-dealkylation sites (tertiary alicyclic amines) is 1. The first kappa shape index (κ1) is 14.8. The average Bonchev–Trinajstić information content (AvgIpc) is 3.04. The third-order valence-electron chi connectivity index (χ3n) is 4.49. The van der Waals surface area contributed by atoms with Crippen LogP contribution in [-0.2, 0) is 9.59 Å². The fraction of sp³-hybridized carbons (Fsp3) is 0.438. The molecule has 8 nitrogen and oxygen atoms in total. The number of carbonyl (C=O) groups excluding carboxylic acids is 2. The number of hydrogen-bond donors (Lipinski definition) is 1. The third kappa shape index (κ3) is 2.64. The van der Waals surface area contributed by atoms with E-state index in [2.05, 4.69) is 20.4 Å². The lowest BCUT2D eigenvalue weighted by Crippen LogP contribution is -2.54. The molecule has 0 aliphatic carbocycles. The van der Waals surface area contributed by atoms with Crippen LogP contribution in [0.2, 0.25) is 0 Å². The molecule has 2 amide bonds. The number of piperidine rings is 1. The fourth-order valence-electron chi connectivity index (χ4n) is 3.06. The maximum atomic E-state index is 12.4. The Balaban J connectivity index is 1.38. The monoisotopic (exact) mass is 327 g/mol. The zero-order valence-electron chi connectivity index (χ0n) is 13.0. The van der Waals surface area contributed by atoms with Crippen molar-refractivity contribution in [3.05, 3.63) is 30.4 Å². The molecule has 124 valence electrons. The highest BCUT2D eigenvalue weighted by Gasteiger charge is 2.40. The molecule has 2 aromatic rings. The molecule has 2 aromatic heterocycles. The molecule has 1 atom stereocenters. The average molecular weight is 327 g/mol. The molecule has 2 aliphatic heterocycles. The zero-order chi connectivity index (χ0) is 16.5. The summed E-state index contributed by atoms with van der Waals surface area (Å²) >= 11 is 0. The largest absolute Gasteiger partial charge is 0.355 e. The Morgan fingerprint density at radius 1 is 1.38 bits per heavy atom. The van der Waals surface area contributed by atoms with Crippen molar-refractivity contribution in [2.75, 3.05) is 19.6 Å². The molecule has 1 N–H and O–H groups in total. The van der Waals surface area contributed by atoms with Crippen LogP contribution < -0.4 is 5.32 Å². The number of aromatic nitrogens is 3. The van der Waals surface area contributed by atoms with Gasteiger partial charge in [-0.15, -0.1) is 0 Å². The van der Waals surface area contributed by atoms with E-state index in [-0.39, 0.29) is 17.7 Å². The minimum Gasteiger partial charge on any atom is -0.355 e. The van der Waals surface area contributed by atoms with Crippen LogP contribution in [0.5, 0.6) is 0 Å². The van der Waals surface area contributed by atoms with E-state index in [1.54, 1.807) is 17.3 Å². The topological polar surface area (TPSA) is 101 Å². The van der Waals surface area contributed by atoms with E-state index >= 15 is 0 Å². The van der Waals surface area contributed by atoms with E-state index in [0.717, 1.165) is 12.0 Å². The Bertz CT molecular complexity index is 754. The molecule has 24 heavy (non-hydrogen) atoms. The second-order valence-corrected chi connectivity index (χ2v) is 6.12. The second-order valence-electron chi connectivity index (χ2n) is 6.12. The van der Waals surface area contributed by atoms with E-state index in [1.807, 2.05) is 12.1 Å². The van der Waals surface area contributed by atoms with Gasteiger partial charge < -0.3 is 14.7 Å². The first-order valence-electron chi connectivity index (χ1n) is 8.03. The molecule has 2 aliphatic rings. The van der Waals surface area contributed by atoms with Crippen molar-refractivity contribution in [1.82, 2.24) is 25.3 Å². The molecule has 4 rings (SSSR count). The first-order chi connectivity index (χ1) is 11.7. The van der Waals surface area contributed by atoms with Gasteiger partial charge >= 0.3 is 0 Å². The zero-order valence-corrected chi connectivity index (χ0v) is 13.0. The maximum Gasteiger partial charge on any atom is 0.235 e. The van der Waals surface area contributed by atoms with Gasteiger partial charge in [-0.25, -0.2) is 0 Å². The number of nitrogens with zero attached hydrogens (tertiary/aromatic N) is 4. The predicted octanol–water partition coefficient (Wildman–Crippen LogP) is 0.584. The molecule has 2 saturated heterocycles. The highest BCUT2D eigenvalue weighted by molar-refractivity contribution is 6.01. The van der Waals surface area contributed by atoms with Gasteiger partial charge in [-0.1, -0.05) is 5.16 Å². The SMILES string of the molecule is O=C1NCCCC1C(=O)N1CC(c2nc(-c3cccnc3)no2)C1. The summed E-state index contributed by atoms with van der Waals surface area (Å²) in [6.45, 7) is 1.68. The number of rotatable bonds is 3. The Labute approximate surface area is 138 Å². The highest BCUT2D eigenvalue weighted by atomic mass is 16.5. The normalized spacial score (nSPS) is 21.2. The van der Waals surface area contributed by atoms with Gasteiger partial charge in [0.05, 0.1) is 5.92 Å². The highest BCUT2D eigenvalue weighted by Crippen LogP contribution is 2.29. The number of carbonyl (C=O) groups is 2. The Morgan fingerprint density at radius 3 is 3.00 bits per heavy atom. The summed E-state index contributed by atoms with van der Waals surface area (Å²) in [6.07, 6.45) is 4.82. The fourth-order valence-corrected chi connectivity index (χ4v) is 3.06. The van der Waals surface area contributed by atoms with Crippen molar-refractivity contribution in [2.45, 2.75) is 18.8 Å². The number of hydrogen-bond acceptors (Lipinski definition) is 6. The number of nitrogens with one attached hydrogen (secondary N) is 1. The summed E-state index contributed by atoms with van der Waals surface area (Å²) in [7, 11) is 0. The molecule has 4 heterocycles. The molecule has 1 unspecified atom stereocenters. The smallest absolute Gasteiger partial charge is 0.235 e. The van der Waals surface area contributed by atoms with Crippen molar-refractivity contribution in [3.8, 4) is 11.4 Å². The summed E-state index contributed by atoms with van der Waals surface area (Å²) in [5.41, 5.74) is 0.790. The second kappa shape index (κ2) is 6.03. The lowest BCUT2D eigenvalue weighted by Gasteiger charge is -2.39. The van der Waals surface area contributed by atoms with E-state index in [4.69, 9.17) is 4.52 Å². The Hall–Kier alpha value is -2.77. The summed E-state index contributed by atoms with van der Waals surface area (Å²) in [5, 5.41) is 6.71. The standard InChI is InChI=1S/C16H17N5O3/c22-14-12(4-2-6-18-14)16(23)21-8-11(9-21)15-19-13(20-24-15)10-3-1-5-17-7-10/h1,3,5,7,11-12H,2,4,6,8-9H2,(H,18,22). The molecule has 0 saturated carbocycles.